The van der Waals surface area contributed by atoms with Crippen LogP contribution in [0.25, 0.3) is 11.3 Å². The van der Waals surface area contributed by atoms with E-state index in [2.05, 4.69) is 25.6 Å². The molecule has 3 N–H and O–H groups in total. The first-order valence-electron chi connectivity index (χ1n) is 10.5. The van der Waals surface area contributed by atoms with Crippen LogP contribution in [-0.4, -0.2) is 45.4 Å². The Morgan fingerprint density at radius 3 is 2.62 bits per heavy atom. The SMILES string of the molecule is CCOc1ncccc1-c1cc(NCc2cnc(OC)cn2)c(NC(C)C)c(C(C)=N)n1. The summed E-state index contributed by atoms with van der Waals surface area (Å²) in [6.45, 7) is 8.67. The van der Waals surface area contributed by atoms with Crippen molar-refractivity contribution in [2.45, 2.75) is 40.3 Å². The standard InChI is InChI=1S/C23H29N7O2/c1-6-32-23-17(8-7-9-25-23)18-10-19(22(29-14(2)3)21(30-18)15(4)24)27-11-16-12-28-20(31-5)13-26-16/h7-10,12-14,24,29H,6,11H2,1-5H3,(H,27,30). The summed E-state index contributed by atoms with van der Waals surface area (Å²) < 4.78 is 10.8. The van der Waals surface area contributed by atoms with Crippen LogP contribution in [0.3, 0.4) is 0 Å². The third kappa shape index (κ3) is 5.48. The van der Waals surface area contributed by atoms with Crippen LogP contribution in [0, 0.1) is 5.41 Å². The molecule has 0 radical (unpaired) electrons. The minimum atomic E-state index is 0.152. The number of hydrogen-bond donors (Lipinski definition) is 3. The second-order valence-corrected chi connectivity index (χ2v) is 7.40. The minimum absolute atomic E-state index is 0.152. The molecule has 0 aliphatic heterocycles. The topological polar surface area (TPSA) is 118 Å². The van der Waals surface area contributed by atoms with E-state index >= 15 is 0 Å². The summed E-state index contributed by atoms with van der Waals surface area (Å²) in [5.74, 6) is 0.969. The van der Waals surface area contributed by atoms with Gasteiger partial charge >= 0.3 is 0 Å². The van der Waals surface area contributed by atoms with E-state index in [1.807, 2.05) is 39.0 Å². The number of anilines is 2. The zero-order valence-corrected chi connectivity index (χ0v) is 19.1. The van der Waals surface area contributed by atoms with Crippen molar-refractivity contribution in [2.75, 3.05) is 24.4 Å². The molecule has 168 valence electrons. The molecule has 9 heteroatoms. The number of ether oxygens (including phenoxy) is 2. The molecular weight excluding hydrogens is 406 g/mol. The quantitative estimate of drug-likeness (QED) is 0.406. The van der Waals surface area contributed by atoms with Gasteiger partial charge in [0.1, 0.15) is 5.69 Å². The molecule has 0 saturated heterocycles. The molecule has 0 aliphatic carbocycles. The lowest BCUT2D eigenvalue weighted by molar-refractivity contribution is 0.328. The second-order valence-electron chi connectivity index (χ2n) is 7.40. The third-order valence-corrected chi connectivity index (χ3v) is 4.49. The number of hydrogen-bond acceptors (Lipinski definition) is 9. The van der Waals surface area contributed by atoms with Gasteiger partial charge in [-0.15, -0.1) is 0 Å². The Morgan fingerprint density at radius 1 is 1.19 bits per heavy atom. The van der Waals surface area contributed by atoms with Crippen LogP contribution >= 0.6 is 0 Å². The van der Waals surface area contributed by atoms with Gasteiger partial charge in [0.05, 0.1) is 66.7 Å². The van der Waals surface area contributed by atoms with Gasteiger partial charge in [0, 0.05) is 12.2 Å². The first-order chi connectivity index (χ1) is 15.4. The number of rotatable bonds is 10. The summed E-state index contributed by atoms with van der Waals surface area (Å²) in [7, 11) is 1.56. The van der Waals surface area contributed by atoms with Crippen molar-refractivity contribution in [1.29, 1.82) is 5.41 Å². The molecule has 3 heterocycles. The largest absolute Gasteiger partial charge is 0.480 e. The van der Waals surface area contributed by atoms with E-state index in [0.29, 0.717) is 42.0 Å². The summed E-state index contributed by atoms with van der Waals surface area (Å²) in [5, 5.41) is 15.2. The Bertz CT molecular complexity index is 1070. The lowest BCUT2D eigenvalue weighted by atomic mass is 10.1. The number of methoxy groups -OCH3 is 1. The van der Waals surface area contributed by atoms with Crippen LogP contribution in [0.1, 0.15) is 39.1 Å². The van der Waals surface area contributed by atoms with Gasteiger partial charge in [-0.25, -0.2) is 15.0 Å². The van der Waals surface area contributed by atoms with Crippen LogP contribution in [-0.2, 0) is 6.54 Å². The molecule has 0 spiro atoms. The van der Waals surface area contributed by atoms with Gasteiger partial charge in [0.15, 0.2) is 0 Å². The maximum absolute atomic E-state index is 8.34. The summed E-state index contributed by atoms with van der Waals surface area (Å²) >= 11 is 0. The third-order valence-electron chi connectivity index (χ3n) is 4.49. The molecule has 0 amide bonds. The highest BCUT2D eigenvalue weighted by atomic mass is 16.5. The van der Waals surface area contributed by atoms with Crippen molar-refractivity contribution in [3.63, 3.8) is 0 Å². The first-order valence-corrected chi connectivity index (χ1v) is 10.5. The molecule has 3 aromatic heterocycles. The highest BCUT2D eigenvalue weighted by Gasteiger charge is 2.18. The molecule has 0 saturated carbocycles. The Balaban J connectivity index is 2.06. The Kier molecular flexibility index (Phi) is 7.54. The maximum Gasteiger partial charge on any atom is 0.231 e. The molecule has 3 aromatic rings. The number of nitrogens with one attached hydrogen (secondary N) is 3. The van der Waals surface area contributed by atoms with Crippen molar-refractivity contribution >= 4 is 17.1 Å². The predicted molar refractivity (Wildman–Crippen MR) is 126 cm³/mol. The fourth-order valence-corrected chi connectivity index (χ4v) is 3.09. The molecular formula is C23H29N7O2. The molecule has 3 rings (SSSR count). The summed E-state index contributed by atoms with van der Waals surface area (Å²) in [6, 6.07) is 5.85. The Morgan fingerprint density at radius 2 is 2.00 bits per heavy atom. The van der Waals surface area contributed by atoms with E-state index in [-0.39, 0.29) is 6.04 Å². The van der Waals surface area contributed by atoms with E-state index in [9.17, 15) is 0 Å². The number of aromatic nitrogens is 4. The van der Waals surface area contributed by atoms with Crippen LogP contribution < -0.4 is 20.1 Å². The summed E-state index contributed by atoms with van der Waals surface area (Å²) in [4.78, 5) is 17.7. The summed E-state index contributed by atoms with van der Waals surface area (Å²) in [5.41, 5.74) is 4.66. The fourth-order valence-electron chi connectivity index (χ4n) is 3.09. The summed E-state index contributed by atoms with van der Waals surface area (Å²) in [6.07, 6.45) is 4.94. The van der Waals surface area contributed by atoms with E-state index in [1.54, 1.807) is 32.6 Å². The average molecular weight is 436 g/mol. The lowest BCUT2D eigenvalue weighted by Gasteiger charge is -2.21. The van der Waals surface area contributed by atoms with E-state index in [1.165, 1.54) is 0 Å². The van der Waals surface area contributed by atoms with Crippen molar-refractivity contribution in [2.24, 2.45) is 0 Å². The van der Waals surface area contributed by atoms with Crippen molar-refractivity contribution in [1.82, 2.24) is 19.9 Å². The highest BCUT2D eigenvalue weighted by Crippen LogP contribution is 2.34. The van der Waals surface area contributed by atoms with Crippen LogP contribution in [0.4, 0.5) is 11.4 Å². The monoisotopic (exact) mass is 435 g/mol. The molecule has 0 aliphatic rings. The molecule has 0 aromatic carbocycles. The maximum atomic E-state index is 8.34. The van der Waals surface area contributed by atoms with Gasteiger partial charge in [0.2, 0.25) is 11.8 Å². The van der Waals surface area contributed by atoms with Crippen molar-refractivity contribution in [3.05, 3.63) is 48.2 Å². The highest BCUT2D eigenvalue weighted by molar-refractivity contribution is 6.03. The lowest BCUT2D eigenvalue weighted by Crippen LogP contribution is -2.17. The van der Waals surface area contributed by atoms with E-state index in [4.69, 9.17) is 19.9 Å². The molecule has 0 fully saturated rings. The van der Waals surface area contributed by atoms with Crippen LogP contribution in [0.2, 0.25) is 0 Å². The van der Waals surface area contributed by atoms with E-state index in [0.717, 1.165) is 22.6 Å². The first kappa shape index (κ1) is 22.9. The van der Waals surface area contributed by atoms with Crippen LogP contribution in [0.5, 0.6) is 11.8 Å². The predicted octanol–water partition coefficient (Wildman–Crippen LogP) is 4.16. The molecule has 0 bridgehead atoms. The zero-order chi connectivity index (χ0) is 23.1. The van der Waals surface area contributed by atoms with Gasteiger partial charge in [-0.2, -0.15) is 0 Å². The average Bonchev–Trinajstić information content (AvgIpc) is 2.78. The molecule has 0 unspecified atom stereocenters. The Labute approximate surface area is 188 Å². The molecule has 9 nitrogen and oxygen atoms in total. The van der Waals surface area contributed by atoms with Crippen molar-refractivity contribution < 1.29 is 9.47 Å². The second kappa shape index (κ2) is 10.5. The van der Waals surface area contributed by atoms with Gasteiger partial charge in [0.25, 0.3) is 0 Å². The fraction of sp³-hybridized carbons (Fsp3) is 0.348. The van der Waals surface area contributed by atoms with Gasteiger partial charge in [-0.05, 0) is 45.9 Å². The van der Waals surface area contributed by atoms with Crippen LogP contribution in [0.15, 0.2) is 36.8 Å². The minimum Gasteiger partial charge on any atom is -0.480 e. The number of pyridine rings is 2. The number of nitrogens with zero attached hydrogens (tertiary/aromatic N) is 4. The van der Waals surface area contributed by atoms with Gasteiger partial charge < -0.3 is 25.5 Å². The van der Waals surface area contributed by atoms with E-state index < -0.39 is 0 Å². The van der Waals surface area contributed by atoms with Gasteiger partial charge in [-0.3, -0.25) is 4.98 Å². The smallest absolute Gasteiger partial charge is 0.231 e. The normalized spacial score (nSPS) is 10.7. The molecule has 0 atom stereocenters. The Hall–Kier alpha value is -3.75. The van der Waals surface area contributed by atoms with Crippen molar-refractivity contribution in [3.8, 4) is 23.0 Å². The zero-order valence-electron chi connectivity index (χ0n) is 19.1. The van der Waals surface area contributed by atoms with Gasteiger partial charge in [-0.1, -0.05) is 0 Å². The molecule has 32 heavy (non-hydrogen) atoms.